The van der Waals surface area contributed by atoms with E-state index in [9.17, 15) is 13.2 Å². The van der Waals surface area contributed by atoms with Gasteiger partial charge >= 0.3 is 0 Å². The van der Waals surface area contributed by atoms with Crippen LogP contribution in [0.4, 0.5) is 5.69 Å². The number of sulfonamides is 1. The van der Waals surface area contributed by atoms with Crippen LogP contribution in [0.2, 0.25) is 0 Å². The predicted octanol–water partition coefficient (Wildman–Crippen LogP) is 4.27. The fourth-order valence-electron chi connectivity index (χ4n) is 4.20. The van der Waals surface area contributed by atoms with Crippen molar-refractivity contribution in [3.05, 3.63) is 58.1 Å². The van der Waals surface area contributed by atoms with Gasteiger partial charge in [-0.15, -0.1) is 0 Å². The van der Waals surface area contributed by atoms with Crippen molar-refractivity contribution < 1.29 is 13.2 Å². The molecule has 0 spiro atoms. The number of carbonyl (C=O) groups excluding carboxylic acids is 1. The van der Waals surface area contributed by atoms with E-state index in [1.807, 2.05) is 65.0 Å². The Morgan fingerprint density at radius 1 is 1.03 bits per heavy atom. The first kappa shape index (κ1) is 21.5. The molecular formula is C23H30N2O3S. The molecule has 156 valence electrons. The van der Waals surface area contributed by atoms with Crippen molar-refractivity contribution in [2.75, 3.05) is 18.4 Å². The molecule has 1 heterocycles. The molecule has 1 unspecified atom stereocenters. The lowest BCUT2D eigenvalue weighted by Gasteiger charge is -2.32. The molecule has 0 aliphatic carbocycles. The van der Waals surface area contributed by atoms with Gasteiger partial charge in [-0.05, 0) is 75.8 Å². The van der Waals surface area contributed by atoms with Crippen LogP contribution in [0.15, 0.2) is 35.2 Å². The lowest BCUT2D eigenvalue weighted by Crippen LogP contribution is -2.44. The summed E-state index contributed by atoms with van der Waals surface area (Å²) < 4.78 is 28.2. The second-order valence-corrected chi connectivity index (χ2v) is 10.0. The highest BCUT2D eigenvalue weighted by Crippen LogP contribution is 2.29. The predicted molar refractivity (Wildman–Crippen MR) is 117 cm³/mol. The molecule has 1 aliphatic heterocycles. The van der Waals surface area contributed by atoms with Gasteiger partial charge in [0, 0.05) is 18.8 Å². The number of aryl methyl sites for hydroxylation is 4. The number of benzene rings is 2. The highest BCUT2D eigenvalue weighted by Gasteiger charge is 2.35. The average molecular weight is 415 g/mol. The van der Waals surface area contributed by atoms with Gasteiger partial charge in [-0.1, -0.05) is 29.8 Å². The largest absolute Gasteiger partial charge is 0.326 e. The average Bonchev–Trinajstić information content (AvgIpc) is 2.64. The normalized spacial score (nSPS) is 17.9. The minimum absolute atomic E-state index is 0.115. The Morgan fingerprint density at radius 3 is 2.34 bits per heavy atom. The summed E-state index contributed by atoms with van der Waals surface area (Å²) in [6.07, 6.45) is 1.36. The highest BCUT2D eigenvalue weighted by atomic mass is 32.2. The number of hydrogen-bond donors (Lipinski definition) is 1. The van der Waals surface area contributed by atoms with E-state index < -0.39 is 10.0 Å². The molecule has 0 radical (unpaired) electrons. The molecule has 1 fully saturated rings. The van der Waals surface area contributed by atoms with Crippen molar-refractivity contribution in [3.63, 3.8) is 0 Å². The van der Waals surface area contributed by atoms with Crippen LogP contribution < -0.4 is 5.32 Å². The molecule has 0 saturated carbocycles. The number of rotatable bonds is 4. The van der Waals surface area contributed by atoms with Gasteiger partial charge in [0.25, 0.3) is 0 Å². The zero-order valence-electron chi connectivity index (χ0n) is 17.9. The van der Waals surface area contributed by atoms with Crippen molar-refractivity contribution >= 4 is 21.6 Å². The molecule has 1 aliphatic rings. The third-order valence-electron chi connectivity index (χ3n) is 5.82. The minimum Gasteiger partial charge on any atom is -0.326 e. The molecule has 2 aromatic rings. The maximum Gasteiger partial charge on any atom is 0.243 e. The number of piperidine rings is 1. The van der Waals surface area contributed by atoms with Gasteiger partial charge in [0.15, 0.2) is 0 Å². The van der Waals surface area contributed by atoms with Gasteiger partial charge < -0.3 is 5.32 Å². The summed E-state index contributed by atoms with van der Waals surface area (Å²) in [7, 11) is -3.64. The number of nitrogens with zero attached hydrogens (tertiary/aromatic N) is 1. The van der Waals surface area contributed by atoms with Crippen molar-refractivity contribution in [1.82, 2.24) is 4.31 Å². The van der Waals surface area contributed by atoms with Crippen molar-refractivity contribution in [3.8, 4) is 0 Å². The zero-order valence-corrected chi connectivity index (χ0v) is 18.7. The van der Waals surface area contributed by atoms with Crippen LogP contribution in [0.3, 0.4) is 0 Å². The first-order valence-electron chi connectivity index (χ1n) is 10.1. The fraction of sp³-hybridized carbons (Fsp3) is 0.435. The minimum atomic E-state index is -3.64. The Hall–Kier alpha value is -2.18. The Morgan fingerprint density at radius 2 is 1.69 bits per heavy atom. The molecule has 1 amide bonds. The molecule has 3 rings (SSSR count). The van der Waals surface area contributed by atoms with Gasteiger partial charge in [-0.2, -0.15) is 4.31 Å². The number of hydrogen-bond acceptors (Lipinski definition) is 3. The van der Waals surface area contributed by atoms with Gasteiger partial charge in [0.1, 0.15) is 0 Å². The molecule has 0 aromatic heterocycles. The van der Waals surface area contributed by atoms with Gasteiger partial charge in [-0.3, -0.25) is 4.79 Å². The number of anilines is 1. The SMILES string of the molecule is Cc1cc(C)c(S(=O)(=O)N2CCCC(C(=O)Nc3cccc(C)c3C)C2)c(C)c1. The summed E-state index contributed by atoms with van der Waals surface area (Å²) >= 11 is 0. The fourth-order valence-corrected chi connectivity index (χ4v) is 6.13. The smallest absolute Gasteiger partial charge is 0.243 e. The van der Waals surface area contributed by atoms with E-state index in [4.69, 9.17) is 0 Å². The van der Waals surface area contributed by atoms with Crippen LogP contribution >= 0.6 is 0 Å². The van der Waals surface area contributed by atoms with E-state index in [1.165, 1.54) is 4.31 Å². The molecule has 1 saturated heterocycles. The monoisotopic (exact) mass is 414 g/mol. The molecule has 0 bridgehead atoms. The Labute approximate surface area is 174 Å². The van der Waals surface area contributed by atoms with E-state index >= 15 is 0 Å². The summed E-state index contributed by atoms with van der Waals surface area (Å²) in [5.74, 6) is -0.472. The van der Waals surface area contributed by atoms with Crippen LogP contribution in [0, 0.1) is 40.5 Å². The van der Waals surface area contributed by atoms with Crippen LogP contribution in [-0.2, 0) is 14.8 Å². The summed E-state index contributed by atoms with van der Waals surface area (Å²) in [5, 5.41) is 3.00. The molecule has 6 heteroatoms. The first-order valence-corrected chi connectivity index (χ1v) is 11.5. The third kappa shape index (κ3) is 4.38. The quantitative estimate of drug-likeness (QED) is 0.812. The second-order valence-electron chi connectivity index (χ2n) is 8.17. The number of amides is 1. The van der Waals surface area contributed by atoms with Gasteiger partial charge in [0.05, 0.1) is 10.8 Å². The topological polar surface area (TPSA) is 66.5 Å². The van der Waals surface area contributed by atoms with Crippen molar-refractivity contribution in [2.24, 2.45) is 5.92 Å². The lowest BCUT2D eigenvalue weighted by molar-refractivity contribution is -0.120. The van der Waals surface area contributed by atoms with Gasteiger partial charge in [0.2, 0.25) is 15.9 Å². The summed E-state index contributed by atoms with van der Waals surface area (Å²) in [5.41, 5.74) is 5.49. The Kier molecular flexibility index (Phi) is 6.15. The van der Waals surface area contributed by atoms with Crippen LogP contribution in [0.25, 0.3) is 0 Å². The van der Waals surface area contributed by atoms with Crippen molar-refractivity contribution in [1.29, 1.82) is 0 Å². The Bertz CT molecular complexity index is 1020. The van der Waals surface area contributed by atoms with E-state index in [0.29, 0.717) is 24.3 Å². The molecule has 5 nitrogen and oxygen atoms in total. The third-order valence-corrected chi connectivity index (χ3v) is 7.99. The van der Waals surface area contributed by atoms with Crippen LogP contribution in [0.5, 0.6) is 0 Å². The zero-order chi connectivity index (χ0) is 21.3. The molecule has 2 aromatic carbocycles. The number of carbonyl (C=O) groups is 1. The molecular weight excluding hydrogens is 384 g/mol. The second kappa shape index (κ2) is 8.28. The summed E-state index contributed by atoms with van der Waals surface area (Å²) in [6.45, 7) is 10.3. The van der Waals surface area contributed by atoms with Crippen LogP contribution in [-0.4, -0.2) is 31.7 Å². The molecule has 29 heavy (non-hydrogen) atoms. The molecule has 1 atom stereocenters. The standard InChI is InChI=1S/C23H30N2O3S/c1-15-12-17(3)22(18(4)13-15)29(27,28)25-11-7-9-20(14-25)23(26)24-21-10-6-8-16(2)19(21)5/h6,8,10,12-13,20H,7,9,11,14H2,1-5H3,(H,24,26). The Balaban J connectivity index is 1.81. The van der Waals surface area contributed by atoms with E-state index in [0.717, 1.165) is 33.5 Å². The van der Waals surface area contributed by atoms with E-state index in [1.54, 1.807) is 0 Å². The maximum absolute atomic E-state index is 13.4. The maximum atomic E-state index is 13.4. The highest BCUT2D eigenvalue weighted by molar-refractivity contribution is 7.89. The summed E-state index contributed by atoms with van der Waals surface area (Å²) in [6, 6.07) is 9.60. The van der Waals surface area contributed by atoms with E-state index in [2.05, 4.69) is 5.32 Å². The first-order chi connectivity index (χ1) is 13.6. The van der Waals surface area contributed by atoms with Gasteiger partial charge in [-0.25, -0.2) is 8.42 Å². The molecule has 1 N–H and O–H groups in total. The summed E-state index contributed by atoms with van der Waals surface area (Å²) in [4.78, 5) is 13.3. The lowest BCUT2D eigenvalue weighted by atomic mass is 9.98. The van der Waals surface area contributed by atoms with E-state index in [-0.39, 0.29) is 18.4 Å². The van der Waals surface area contributed by atoms with Crippen molar-refractivity contribution in [2.45, 2.75) is 52.4 Å². The number of nitrogens with one attached hydrogen (secondary N) is 1. The van der Waals surface area contributed by atoms with Crippen LogP contribution in [0.1, 0.15) is 40.7 Å².